The molecule has 20 heavy (non-hydrogen) atoms. The minimum Gasteiger partial charge on any atom is -0.382 e. The van der Waals surface area contributed by atoms with Crippen molar-refractivity contribution in [1.29, 1.82) is 0 Å². The highest BCUT2D eigenvalue weighted by molar-refractivity contribution is 6.32. The van der Waals surface area contributed by atoms with Crippen LogP contribution in [0.3, 0.4) is 0 Å². The van der Waals surface area contributed by atoms with Crippen LogP contribution in [-0.2, 0) is 13.0 Å². The summed E-state index contributed by atoms with van der Waals surface area (Å²) in [6, 6.07) is 0. The first kappa shape index (κ1) is 14.5. The van der Waals surface area contributed by atoms with Crippen molar-refractivity contribution < 1.29 is 0 Å². The van der Waals surface area contributed by atoms with E-state index in [4.69, 9.17) is 11.6 Å². The van der Waals surface area contributed by atoms with Crippen molar-refractivity contribution in [3.8, 4) is 0 Å². The molecule has 2 aromatic heterocycles. The number of aryl methyl sites for hydroxylation is 1. The van der Waals surface area contributed by atoms with Gasteiger partial charge in [-0.1, -0.05) is 24.9 Å². The lowest BCUT2D eigenvalue weighted by Gasteiger charge is -2.09. The maximum absolute atomic E-state index is 12.0. The number of aromatic amines is 1. The van der Waals surface area contributed by atoms with E-state index in [0.717, 1.165) is 18.7 Å². The molecule has 8 heteroatoms. The average Bonchev–Trinajstić information content (AvgIpc) is 2.96. The van der Waals surface area contributed by atoms with Gasteiger partial charge in [0.15, 0.2) is 0 Å². The van der Waals surface area contributed by atoms with Gasteiger partial charge in [0.2, 0.25) is 0 Å². The summed E-state index contributed by atoms with van der Waals surface area (Å²) >= 11 is 6.07. The molecule has 0 saturated carbocycles. The smallest absolute Gasteiger partial charge is 0.287 e. The summed E-state index contributed by atoms with van der Waals surface area (Å²) in [4.78, 5) is 16.0. The molecular weight excluding hydrogens is 280 g/mol. The average molecular weight is 297 g/mol. The minimum absolute atomic E-state index is 0.175. The van der Waals surface area contributed by atoms with Crippen molar-refractivity contribution in [2.45, 2.75) is 32.7 Å². The molecule has 2 N–H and O–H groups in total. The van der Waals surface area contributed by atoms with E-state index >= 15 is 0 Å². The van der Waals surface area contributed by atoms with Crippen LogP contribution in [0.1, 0.15) is 25.6 Å². The van der Waals surface area contributed by atoms with Crippen LogP contribution in [0.2, 0.25) is 5.02 Å². The number of aromatic nitrogens is 5. The van der Waals surface area contributed by atoms with Crippen molar-refractivity contribution in [2.24, 2.45) is 0 Å². The van der Waals surface area contributed by atoms with E-state index in [1.54, 1.807) is 6.20 Å². The topological polar surface area (TPSA) is 88.5 Å². The standard InChI is InChI=1S/C12H17ClN6O/c1-2-3-6-19-12(20)11(13)9(7-17-19)14-5-4-10-15-8-16-18-10/h7-8,14H,2-6H2,1H3,(H,15,16,18). The van der Waals surface area contributed by atoms with Crippen molar-refractivity contribution in [3.05, 3.63) is 33.7 Å². The van der Waals surface area contributed by atoms with Gasteiger partial charge in [-0.3, -0.25) is 9.89 Å². The van der Waals surface area contributed by atoms with Gasteiger partial charge in [0.25, 0.3) is 5.56 Å². The van der Waals surface area contributed by atoms with E-state index in [-0.39, 0.29) is 10.6 Å². The molecule has 0 aliphatic rings. The third-order valence-electron chi connectivity index (χ3n) is 2.85. The Labute approximate surface area is 121 Å². The van der Waals surface area contributed by atoms with Crippen LogP contribution < -0.4 is 10.9 Å². The summed E-state index contributed by atoms with van der Waals surface area (Å²) in [6.45, 7) is 3.24. The molecule has 0 amide bonds. The second-order valence-corrected chi connectivity index (χ2v) is 4.74. The number of rotatable bonds is 7. The molecule has 2 rings (SSSR count). The molecule has 2 heterocycles. The molecule has 0 saturated heterocycles. The van der Waals surface area contributed by atoms with Gasteiger partial charge in [-0.05, 0) is 6.42 Å². The molecule has 2 aromatic rings. The number of nitrogens with one attached hydrogen (secondary N) is 2. The number of anilines is 1. The van der Waals surface area contributed by atoms with Gasteiger partial charge >= 0.3 is 0 Å². The van der Waals surface area contributed by atoms with Gasteiger partial charge in [0.05, 0.1) is 11.9 Å². The molecule has 0 unspecified atom stereocenters. The van der Waals surface area contributed by atoms with E-state index in [1.165, 1.54) is 11.0 Å². The maximum Gasteiger partial charge on any atom is 0.287 e. The quantitative estimate of drug-likeness (QED) is 0.808. The highest BCUT2D eigenvalue weighted by Crippen LogP contribution is 2.15. The Morgan fingerprint density at radius 3 is 3.05 bits per heavy atom. The van der Waals surface area contributed by atoms with Crippen molar-refractivity contribution in [2.75, 3.05) is 11.9 Å². The Bertz CT molecular complexity index is 594. The SMILES string of the molecule is CCCCn1ncc(NCCc2ncn[nH]2)c(Cl)c1=O. The monoisotopic (exact) mass is 296 g/mol. The van der Waals surface area contributed by atoms with Crippen LogP contribution >= 0.6 is 11.6 Å². The Hall–Kier alpha value is -1.89. The van der Waals surface area contributed by atoms with E-state index in [2.05, 4.69) is 32.5 Å². The van der Waals surface area contributed by atoms with Crippen molar-refractivity contribution in [3.63, 3.8) is 0 Å². The largest absolute Gasteiger partial charge is 0.382 e. The fraction of sp³-hybridized carbons (Fsp3) is 0.500. The summed E-state index contributed by atoms with van der Waals surface area (Å²) in [7, 11) is 0. The van der Waals surface area contributed by atoms with E-state index in [9.17, 15) is 4.79 Å². The summed E-state index contributed by atoms with van der Waals surface area (Å²) in [5.74, 6) is 0.776. The molecule has 7 nitrogen and oxygen atoms in total. The molecule has 0 aromatic carbocycles. The third kappa shape index (κ3) is 3.57. The molecule has 0 fully saturated rings. The molecular formula is C12H17ClN6O. The number of hydrogen-bond donors (Lipinski definition) is 2. The summed E-state index contributed by atoms with van der Waals surface area (Å²) in [5.41, 5.74) is 0.286. The molecule has 108 valence electrons. The van der Waals surface area contributed by atoms with Gasteiger partial charge in [-0.2, -0.15) is 10.2 Å². The number of hydrogen-bond acceptors (Lipinski definition) is 5. The van der Waals surface area contributed by atoms with Gasteiger partial charge in [0.1, 0.15) is 17.2 Å². The van der Waals surface area contributed by atoms with E-state index < -0.39 is 0 Å². The fourth-order valence-corrected chi connectivity index (χ4v) is 1.94. The van der Waals surface area contributed by atoms with Crippen molar-refractivity contribution in [1.82, 2.24) is 25.0 Å². The summed E-state index contributed by atoms with van der Waals surface area (Å²) in [6.07, 6.45) is 5.61. The number of H-pyrrole nitrogens is 1. The first-order valence-corrected chi connectivity index (χ1v) is 6.94. The van der Waals surface area contributed by atoms with Crippen LogP contribution in [0, 0.1) is 0 Å². The lowest BCUT2D eigenvalue weighted by Crippen LogP contribution is -2.24. The molecule has 0 spiro atoms. The van der Waals surface area contributed by atoms with Crippen LogP contribution in [0.5, 0.6) is 0 Å². The number of nitrogens with zero attached hydrogens (tertiary/aromatic N) is 4. The first-order chi connectivity index (χ1) is 9.72. The second-order valence-electron chi connectivity index (χ2n) is 4.36. The van der Waals surface area contributed by atoms with Crippen LogP contribution in [0.4, 0.5) is 5.69 Å². The maximum atomic E-state index is 12.0. The van der Waals surface area contributed by atoms with Gasteiger partial charge < -0.3 is 5.32 Å². The number of unbranched alkanes of at least 4 members (excludes halogenated alkanes) is 1. The lowest BCUT2D eigenvalue weighted by atomic mass is 10.3. The number of halogens is 1. The van der Waals surface area contributed by atoms with E-state index in [1.807, 2.05) is 0 Å². The normalized spacial score (nSPS) is 10.7. The highest BCUT2D eigenvalue weighted by Gasteiger charge is 2.08. The predicted octanol–water partition coefficient (Wildman–Crippen LogP) is 1.47. The van der Waals surface area contributed by atoms with Crippen LogP contribution in [0.15, 0.2) is 17.3 Å². The van der Waals surface area contributed by atoms with Crippen molar-refractivity contribution >= 4 is 17.3 Å². The zero-order valence-corrected chi connectivity index (χ0v) is 12.0. The minimum atomic E-state index is -0.259. The highest BCUT2D eigenvalue weighted by atomic mass is 35.5. The van der Waals surface area contributed by atoms with Gasteiger partial charge in [-0.25, -0.2) is 9.67 Å². The predicted molar refractivity (Wildman–Crippen MR) is 77.0 cm³/mol. The Morgan fingerprint density at radius 1 is 1.50 bits per heavy atom. The molecule has 0 aliphatic carbocycles. The Morgan fingerprint density at radius 2 is 2.35 bits per heavy atom. The summed E-state index contributed by atoms with van der Waals surface area (Å²) < 4.78 is 1.40. The Kier molecular flexibility index (Phi) is 5.11. The zero-order chi connectivity index (χ0) is 14.4. The van der Waals surface area contributed by atoms with Crippen LogP contribution in [-0.4, -0.2) is 31.5 Å². The Balaban J connectivity index is 1.98. The lowest BCUT2D eigenvalue weighted by molar-refractivity contribution is 0.543. The molecule has 0 bridgehead atoms. The third-order valence-corrected chi connectivity index (χ3v) is 3.22. The van der Waals surface area contributed by atoms with Crippen LogP contribution in [0.25, 0.3) is 0 Å². The summed E-state index contributed by atoms with van der Waals surface area (Å²) in [5, 5.41) is 13.9. The fourth-order valence-electron chi connectivity index (χ4n) is 1.72. The molecule has 0 radical (unpaired) electrons. The molecule has 0 aliphatic heterocycles. The van der Waals surface area contributed by atoms with Gasteiger partial charge in [0, 0.05) is 19.5 Å². The zero-order valence-electron chi connectivity index (χ0n) is 11.3. The molecule has 0 atom stereocenters. The van der Waals surface area contributed by atoms with Gasteiger partial charge in [-0.15, -0.1) is 0 Å². The van der Waals surface area contributed by atoms with E-state index in [0.29, 0.717) is 25.2 Å². The second kappa shape index (κ2) is 7.04. The first-order valence-electron chi connectivity index (χ1n) is 6.56.